The molecule has 0 bridgehead atoms. The summed E-state index contributed by atoms with van der Waals surface area (Å²) in [6, 6.07) is 8.41. The zero-order valence-corrected chi connectivity index (χ0v) is 8.67. The topological polar surface area (TPSA) is 41.8 Å². The van der Waals surface area contributed by atoms with Crippen molar-refractivity contribution in [3.63, 3.8) is 0 Å². The van der Waals surface area contributed by atoms with E-state index in [2.05, 4.69) is 43.1 Å². The smallest absolute Gasteiger partial charge is 0.0456 e. The van der Waals surface area contributed by atoms with Crippen LogP contribution in [0.1, 0.15) is 19.4 Å². The Balaban J connectivity index is 2.46. The number of rotatable bonds is 2. The molecule has 0 saturated carbocycles. The highest BCUT2D eigenvalue weighted by atomic mass is 14.7. The van der Waals surface area contributed by atoms with Crippen LogP contribution in [0.15, 0.2) is 30.5 Å². The zero-order valence-electron chi connectivity index (χ0n) is 8.67. The Morgan fingerprint density at radius 2 is 2.07 bits per heavy atom. The Morgan fingerprint density at radius 1 is 1.29 bits per heavy atom. The number of hydrogen-bond acceptors (Lipinski definition) is 1. The Bertz CT molecular complexity index is 435. The van der Waals surface area contributed by atoms with Gasteiger partial charge >= 0.3 is 0 Å². The molecule has 74 valence electrons. The molecule has 0 amide bonds. The van der Waals surface area contributed by atoms with Crippen LogP contribution in [-0.4, -0.2) is 10.5 Å². The summed E-state index contributed by atoms with van der Waals surface area (Å²) in [5.74, 6) is 0. The normalized spacial score (nSPS) is 12.2. The highest BCUT2D eigenvalue weighted by molar-refractivity contribution is 5.82. The molecule has 1 heterocycles. The molecule has 2 rings (SSSR count). The third kappa shape index (κ3) is 1.80. The minimum Gasteiger partial charge on any atom is -0.361 e. The van der Waals surface area contributed by atoms with Gasteiger partial charge in [0.1, 0.15) is 0 Å². The van der Waals surface area contributed by atoms with E-state index in [4.69, 9.17) is 5.73 Å². The molecule has 2 nitrogen and oxygen atoms in total. The molecule has 0 radical (unpaired) electrons. The van der Waals surface area contributed by atoms with Crippen molar-refractivity contribution in [2.45, 2.75) is 25.8 Å². The maximum atomic E-state index is 6.02. The minimum absolute atomic E-state index is 0.147. The van der Waals surface area contributed by atoms with Crippen LogP contribution in [0.3, 0.4) is 0 Å². The molecule has 0 aliphatic heterocycles. The number of nitrogens with one attached hydrogen (secondary N) is 1. The molecule has 1 aromatic carbocycles. The number of aromatic nitrogens is 1. The van der Waals surface area contributed by atoms with E-state index in [-0.39, 0.29) is 5.54 Å². The highest BCUT2D eigenvalue weighted by Gasteiger charge is 2.13. The van der Waals surface area contributed by atoms with Gasteiger partial charge in [-0.2, -0.15) is 0 Å². The Labute approximate surface area is 84.1 Å². The number of benzene rings is 1. The van der Waals surface area contributed by atoms with E-state index in [1.54, 1.807) is 0 Å². The number of fused-ring (bicyclic) bond motifs is 1. The first-order valence-corrected chi connectivity index (χ1v) is 4.90. The van der Waals surface area contributed by atoms with Crippen molar-refractivity contribution in [3.8, 4) is 0 Å². The third-order valence-electron chi connectivity index (χ3n) is 2.33. The van der Waals surface area contributed by atoms with Gasteiger partial charge in [0.05, 0.1) is 0 Å². The van der Waals surface area contributed by atoms with Crippen LogP contribution >= 0.6 is 0 Å². The molecule has 0 spiro atoms. The highest BCUT2D eigenvalue weighted by Crippen LogP contribution is 2.20. The van der Waals surface area contributed by atoms with Crippen LogP contribution < -0.4 is 5.73 Å². The van der Waals surface area contributed by atoms with Gasteiger partial charge in [-0.1, -0.05) is 12.1 Å². The van der Waals surface area contributed by atoms with Gasteiger partial charge in [-0.25, -0.2) is 0 Å². The fraction of sp³-hybridized carbons (Fsp3) is 0.333. The lowest BCUT2D eigenvalue weighted by molar-refractivity contribution is 0.518. The van der Waals surface area contributed by atoms with Crippen LogP contribution in [0.25, 0.3) is 10.9 Å². The predicted octanol–water partition coefficient (Wildman–Crippen LogP) is 2.45. The van der Waals surface area contributed by atoms with Gasteiger partial charge in [-0.3, -0.25) is 0 Å². The molecular weight excluding hydrogens is 172 g/mol. The quantitative estimate of drug-likeness (QED) is 0.746. The SMILES string of the molecule is CC(C)(N)Cc1cccc2[nH]ccc12. The van der Waals surface area contributed by atoms with Crippen molar-refractivity contribution in [1.82, 2.24) is 4.98 Å². The van der Waals surface area contributed by atoms with E-state index in [9.17, 15) is 0 Å². The molecule has 0 saturated heterocycles. The lowest BCUT2D eigenvalue weighted by Gasteiger charge is -2.18. The van der Waals surface area contributed by atoms with Gasteiger partial charge < -0.3 is 10.7 Å². The van der Waals surface area contributed by atoms with Crippen molar-refractivity contribution in [2.75, 3.05) is 0 Å². The molecule has 2 aromatic rings. The fourth-order valence-corrected chi connectivity index (χ4v) is 1.80. The Morgan fingerprint density at radius 3 is 2.79 bits per heavy atom. The summed E-state index contributed by atoms with van der Waals surface area (Å²) < 4.78 is 0. The van der Waals surface area contributed by atoms with Crippen LogP contribution in [0.4, 0.5) is 0 Å². The second-order valence-electron chi connectivity index (χ2n) is 4.52. The lowest BCUT2D eigenvalue weighted by atomic mass is 9.94. The van der Waals surface area contributed by atoms with E-state index in [1.807, 2.05) is 6.20 Å². The number of nitrogens with two attached hydrogens (primary N) is 1. The standard InChI is InChI=1S/C12H16N2/c1-12(2,13)8-9-4-3-5-11-10(9)6-7-14-11/h3-7,14H,8,13H2,1-2H3. The average molecular weight is 188 g/mol. The molecule has 14 heavy (non-hydrogen) atoms. The molecule has 0 aliphatic carbocycles. The van der Waals surface area contributed by atoms with Gasteiger partial charge in [0.15, 0.2) is 0 Å². The summed E-state index contributed by atoms with van der Waals surface area (Å²) in [4.78, 5) is 3.20. The molecule has 0 unspecified atom stereocenters. The van der Waals surface area contributed by atoms with Crippen LogP contribution in [0.2, 0.25) is 0 Å². The lowest BCUT2D eigenvalue weighted by Crippen LogP contribution is -2.34. The van der Waals surface area contributed by atoms with E-state index in [1.165, 1.54) is 16.5 Å². The number of hydrogen-bond donors (Lipinski definition) is 2. The second kappa shape index (κ2) is 3.14. The van der Waals surface area contributed by atoms with Crippen LogP contribution in [0.5, 0.6) is 0 Å². The van der Waals surface area contributed by atoms with Crippen LogP contribution in [0, 0.1) is 0 Å². The maximum absolute atomic E-state index is 6.02. The summed E-state index contributed by atoms with van der Waals surface area (Å²) in [7, 11) is 0. The molecule has 1 aromatic heterocycles. The first-order chi connectivity index (χ1) is 6.56. The van der Waals surface area contributed by atoms with Gasteiger partial charge in [-0.05, 0) is 38.0 Å². The Hall–Kier alpha value is -1.28. The van der Waals surface area contributed by atoms with Gasteiger partial charge in [-0.15, -0.1) is 0 Å². The summed E-state index contributed by atoms with van der Waals surface area (Å²) in [6.45, 7) is 4.11. The van der Waals surface area contributed by atoms with E-state index >= 15 is 0 Å². The van der Waals surface area contributed by atoms with E-state index in [0.29, 0.717) is 0 Å². The van der Waals surface area contributed by atoms with Gasteiger partial charge in [0.2, 0.25) is 0 Å². The minimum atomic E-state index is -0.147. The summed E-state index contributed by atoms with van der Waals surface area (Å²) in [5.41, 5.74) is 8.37. The van der Waals surface area contributed by atoms with Crippen LogP contribution in [-0.2, 0) is 6.42 Å². The molecule has 0 aliphatic rings. The molecule has 2 heteroatoms. The first kappa shape index (κ1) is 9.28. The Kier molecular flexibility index (Phi) is 2.08. The van der Waals surface area contributed by atoms with E-state index < -0.39 is 0 Å². The predicted molar refractivity (Wildman–Crippen MR) is 60.3 cm³/mol. The van der Waals surface area contributed by atoms with Crippen molar-refractivity contribution < 1.29 is 0 Å². The van der Waals surface area contributed by atoms with Gasteiger partial charge in [0.25, 0.3) is 0 Å². The van der Waals surface area contributed by atoms with Crippen molar-refractivity contribution in [1.29, 1.82) is 0 Å². The zero-order chi connectivity index (χ0) is 10.2. The summed E-state index contributed by atoms with van der Waals surface area (Å²) in [6.07, 6.45) is 2.87. The maximum Gasteiger partial charge on any atom is 0.0456 e. The third-order valence-corrected chi connectivity index (χ3v) is 2.33. The van der Waals surface area contributed by atoms with Crippen molar-refractivity contribution in [2.24, 2.45) is 5.73 Å². The van der Waals surface area contributed by atoms with E-state index in [0.717, 1.165) is 6.42 Å². The largest absolute Gasteiger partial charge is 0.361 e. The first-order valence-electron chi connectivity index (χ1n) is 4.90. The van der Waals surface area contributed by atoms with Gasteiger partial charge in [0, 0.05) is 22.6 Å². The number of H-pyrrole nitrogens is 1. The number of aromatic amines is 1. The summed E-state index contributed by atoms with van der Waals surface area (Å²) in [5, 5.41) is 1.28. The van der Waals surface area contributed by atoms with Crippen molar-refractivity contribution >= 4 is 10.9 Å². The molecule has 0 fully saturated rings. The monoisotopic (exact) mass is 188 g/mol. The molecule has 0 atom stereocenters. The average Bonchev–Trinajstić information content (AvgIpc) is 2.49. The van der Waals surface area contributed by atoms with Crippen molar-refractivity contribution in [3.05, 3.63) is 36.0 Å². The molecule has 3 N–H and O–H groups in total. The molecular formula is C12H16N2. The second-order valence-corrected chi connectivity index (χ2v) is 4.52. The summed E-state index contributed by atoms with van der Waals surface area (Å²) >= 11 is 0. The fourth-order valence-electron chi connectivity index (χ4n) is 1.80.